The molecule has 0 spiro atoms. The molecule has 0 aliphatic heterocycles. The number of ketones is 1. The number of rotatable bonds is 6. The average Bonchev–Trinajstić information content (AvgIpc) is 2.27. The van der Waals surface area contributed by atoms with Gasteiger partial charge in [0.2, 0.25) is 0 Å². The van der Waals surface area contributed by atoms with Crippen molar-refractivity contribution >= 4 is 5.78 Å². The zero-order chi connectivity index (χ0) is 12.0. The molecule has 2 nitrogen and oxygen atoms in total. The van der Waals surface area contributed by atoms with Gasteiger partial charge in [-0.3, -0.25) is 9.69 Å². The van der Waals surface area contributed by atoms with Crippen molar-refractivity contribution in [3.05, 3.63) is 0 Å². The fourth-order valence-corrected chi connectivity index (χ4v) is 2.38. The molecule has 0 bridgehead atoms. The molecule has 0 amide bonds. The minimum absolute atomic E-state index is 0.371. The number of likely N-dealkylation sites (N-methyl/N-ethyl adjacent to an activating group) is 1. The van der Waals surface area contributed by atoms with Crippen LogP contribution in [0.4, 0.5) is 0 Å². The van der Waals surface area contributed by atoms with Crippen LogP contribution in [-0.4, -0.2) is 30.8 Å². The molecule has 1 saturated carbocycles. The second kappa shape index (κ2) is 7.05. The molecule has 16 heavy (non-hydrogen) atoms. The Morgan fingerprint density at radius 3 is 2.44 bits per heavy atom. The fourth-order valence-electron chi connectivity index (χ4n) is 2.38. The van der Waals surface area contributed by atoms with E-state index in [1.165, 1.54) is 25.7 Å². The van der Waals surface area contributed by atoms with E-state index in [1.54, 1.807) is 0 Å². The first-order valence-electron chi connectivity index (χ1n) is 6.81. The van der Waals surface area contributed by atoms with E-state index in [2.05, 4.69) is 25.8 Å². The van der Waals surface area contributed by atoms with Crippen molar-refractivity contribution in [3.8, 4) is 0 Å². The van der Waals surface area contributed by atoms with Crippen molar-refractivity contribution in [2.45, 2.75) is 52.4 Å². The van der Waals surface area contributed by atoms with E-state index < -0.39 is 0 Å². The topological polar surface area (TPSA) is 20.3 Å². The molecular formula is C14H27NO. The summed E-state index contributed by atoms with van der Waals surface area (Å²) in [5.41, 5.74) is 0. The molecule has 0 heterocycles. The van der Waals surface area contributed by atoms with Gasteiger partial charge in [0.15, 0.2) is 0 Å². The molecule has 0 aromatic heterocycles. The highest BCUT2D eigenvalue weighted by molar-refractivity contribution is 5.82. The van der Waals surface area contributed by atoms with Crippen LogP contribution in [0.3, 0.4) is 0 Å². The summed E-state index contributed by atoms with van der Waals surface area (Å²) < 4.78 is 0. The highest BCUT2D eigenvalue weighted by Gasteiger charge is 2.21. The Hall–Kier alpha value is -0.370. The van der Waals surface area contributed by atoms with E-state index in [0.29, 0.717) is 18.2 Å². The van der Waals surface area contributed by atoms with Gasteiger partial charge in [-0.1, -0.05) is 33.1 Å². The van der Waals surface area contributed by atoms with Gasteiger partial charge in [-0.2, -0.15) is 0 Å². The summed E-state index contributed by atoms with van der Waals surface area (Å²) in [5.74, 6) is 1.58. The molecule has 0 aromatic rings. The molecular weight excluding hydrogens is 198 g/mol. The number of carbonyl (C=O) groups is 1. The monoisotopic (exact) mass is 225 g/mol. The van der Waals surface area contributed by atoms with E-state index in [0.717, 1.165) is 25.3 Å². The van der Waals surface area contributed by atoms with Crippen molar-refractivity contribution in [3.63, 3.8) is 0 Å². The molecule has 0 radical (unpaired) electrons. The van der Waals surface area contributed by atoms with Crippen LogP contribution in [0, 0.1) is 11.8 Å². The minimum atomic E-state index is 0.371. The third kappa shape index (κ3) is 5.11. The zero-order valence-corrected chi connectivity index (χ0v) is 11.2. The van der Waals surface area contributed by atoms with Gasteiger partial charge in [0.25, 0.3) is 0 Å². The molecule has 1 fully saturated rings. The summed E-state index contributed by atoms with van der Waals surface area (Å²) in [6.07, 6.45) is 7.30. The number of nitrogens with zero attached hydrogens (tertiary/aromatic N) is 1. The Kier molecular flexibility index (Phi) is 6.04. The first kappa shape index (κ1) is 13.7. The summed E-state index contributed by atoms with van der Waals surface area (Å²) in [6, 6.07) is 0. The second-order valence-corrected chi connectivity index (χ2v) is 5.72. The molecule has 0 saturated heterocycles. The first-order chi connectivity index (χ1) is 7.59. The first-order valence-corrected chi connectivity index (χ1v) is 6.81. The van der Waals surface area contributed by atoms with Crippen LogP contribution < -0.4 is 0 Å². The molecule has 94 valence electrons. The predicted molar refractivity (Wildman–Crippen MR) is 68.5 cm³/mol. The van der Waals surface area contributed by atoms with E-state index in [4.69, 9.17) is 0 Å². The van der Waals surface area contributed by atoms with Gasteiger partial charge in [-0.15, -0.1) is 0 Å². The molecule has 0 atom stereocenters. The summed E-state index contributed by atoms with van der Waals surface area (Å²) in [4.78, 5) is 14.2. The maximum atomic E-state index is 12.0. The standard InChI is InChI=1S/C14H27NO/c1-12(2)9-10-15(3)11-14(16)13-7-5-4-6-8-13/h12-13H,4-11H2,1-3H3. The SMILES string of the molecule is CC(C)CCN(C)CC(=O)C1CCCCC1. The highest BCUT2D eigenvalue weighted by atomic mass is 16.1. The predicted octanol–water partition coefficient (Wildman–Crippen LogP) is 3.11. The normalized spacial score (nSPS) is 18.3. The summed E-state index contributed by atoms with van der Waals surface area (Å²) in [5, 5.41) is 0. The van der Waals surface area contributed by atoms with Crippen LogP contribution in [0.25, 0.3) is 0 Å². The summed E-state index contributed by atoms with van der Waals surface area (Å²) in [7, 11) is 2.07. The van der Waals surface area contributed by atoms with Gasteiger partial charge in [-0.25, -0.2) is 0 Å². The molecule has 1 aliphatic carbocycles. The molecule has 2 heteroatoms. The third-order valence-corrected chi connectivity index (χ3v) is 3.57. The lowest BCUT2D eigenvalue weighted by Crippen LogP contribution is -2.32. The maximum absolute atomic E-state index is 12.0. The molecule has 1 aliphatic rings. The van der Waals surface area contributed by atoms with E-state index in [9.17, 15) is 4.79 Å². The summed E-state index contributed by atoms with van der Waals surface area (Å²) in [6.45, 7) is 6.18. The fraction of sp³-hybridized carbons (Fsp3) is 0.929. The van der Waals surface area contributed by atoms with Gasteiger partial charge < -0.3 is 0 Å². The molecule has 0 N–H and O–H groups in total. The second-order valence-electron chi connectivity index (χ2n) is 5.72. The van der Waals surface area contributed by atoms with E-state index >= 15 is 0 Å². The van der Waals surface area contributed by atoms with Crippen molar-refractivity contribution in [1.82, 2.24) is 4.90 Å². The number of carbonyl (C=O) groups excluding carboxylic acids is 1. The van der Waals surface area contributed by atoms with Crippen LogP contribution in [-0.2, 0) is 4.79 Å². The van der Waals surface area contributed by atoms with Gasteiger partial charge in [0, 0.05) is 5.92 Å². The Labute approximate surface area is 100 Å². The lowest BCUT2D eigenvalue weighted by Gasteiger charge is -2.23. The lowest BCUT2D eigenvalue weighted by molar-refractivity contribution is -0.124. The lowest BCUT2D eigenvalue weighted by atomic mass is 9.86. The van der Waals surface area contributed by atoms with Crippen LogP contribution in [0.15, 0.2) is 0 Å². The Morgan fingerprint density at radius 2 is 1.88 bits per heavy atom. The van der Waals surface area contributed by atoms with E-state index in [1.807, 2.05) is 0 Å². The number of hydrogen-bond acceptors (Lipinski definition) is 2. The Morgan fingerprint density at radius 1 is 1.25 bits per heavy atom. The van der Waals surface area contributed by atoms with Gasteiger partial charge in [0.05, 0.1) is 6.54 Å². The van der Waals surface area contributed by atoms with Crippen molar-refractivity contribution in [2.75, 3.05) is 20.1 Å². The molecule has 0 aromatic carbocycles. The smallest absolute Gasteiger partial charge is 0.149 e. The van der Waals surface area contributed by atoms with Gasteiger partial charge >= 0.3 is 0 Å². The number of Topliss-reactive ketones (excluding diaryl/α,β-unsaturated/α-hetero) is 1. The Bertz CT molecular complexity index is 207. The average molecular weight is 225 g/mol. The highest BCUT2D eigenvalue weighted by Crippen LogP contribution is 2.24. The molecule has 0 unspecified atom stereocenters. The third-order valence-electron chi connectivity index (χ3n) is 3.57. The van der Waals surface area contributed by atoms with Crippen LogP contribution >= 0.6 is 0 Å². The van der Waals surface area contributed by atoms with Crippen LogP contribution in [0.2, 0.25) is 0 Å². The van der Waals surface area contributed by atoms with E-state index in [-0.39, 0.29) is 0 Å². The maximum Gasteiger partial charge on any atom is 0.149 e. The zero-order valence-electron chi connectivity index (χ0n) is 11.2. The Balaban J connectivity index is 2.21. The van der Waals surface area contributed by atoms with Crippen molar-refractivity contribution in [1.29, 1.82) is 0 Å². The molecule has 1 rings (SSSR count). The van der Waals surface area contributed by atoms with Gasteiger partial charge in [-0.05, 0) is 38.8 Å². The quantitative estimate of drug-likeness (QED) is 0.692. The van der Waals surface area contributed by atoms with Crippen LogP contribution in [0.1, 0.15) is 52.4 Å². The largest absolute Gasteiger partial charge is 0.299 e. The summed E-state index contributed by atoms with van der Waals surface area (Å²) >= 11 is 0. The van der Waals surface area contributed by atoms with Crippen LogP contribution in [0.5, 0.6) is 0 Å². The minimum Gasteiger partial charge on any atom is -0.299 e. The number of hydrogen-bond donors (Lipinski definition) is 0. The van der Waals surface area contributed by atoms with Crippen molar-refractivity contribution in [2.24, 2.45) is 11.8 Å². The van der Waals surface area contributed by atoms with Gasteiger partial charge in [0.1, 0.15) is 5.78 Å². The van der Waals surface area contributed by atoms with Crippen molar-refractivity contribution < 1.29 is 4.79 Å².